The Hall–Kier alpha value is -0.850. The smallest absolute Gasteiger partial charge is 0.191 e. The highest BCUT2D eigenvalue weighted by molar-refractivity contribution is 5.79. The van der Waals surface area contributed by atoms with Gasteiger partial charge >= 0.3 is 0 Å². The Kier molecular flexibility index (Phi) is 11.3. The molecule has 2 heterocycles. The number of likely N-dealkylation sites (tertiary alicyclic amines) is 1. The van der Waals surface area contributed by atoms with Crippen LogP contribution < -0.4 is 10.6 Å². The Balaban J connectivity index is 1.83. The number of likely N-dealkylation sites (N-methyl/N-ethyl adjacent to an activating group) is 1. The molecule has 0 saturated carbocycles. The number of guanidine groups is 1. The second-order valence-electron chi connectivity index (χ2n) is 9.57. The van der Waals surface area contributed by atoms with Gasteiger partial charge in [0.25, 0.3) is 0 Å². The van der Waals surface area contributed by atoms with Crippen LogP contribution in [0.5, 0.6) is 0 Å². The van der Waals surface area contributed by atoms with E-state index in [1.54, 1.807) is 0 Å². The summed E-state index contributed by atoms with van der Waals surface area (Å²) in [5, 5.41) is 7.12. The standard InChI is InChI=1S/C23H48N6/c1-6-24-23(25-17-21(4)19-28-15-13-27(5)14-16-28)26-18-22(20(2)3)29-11-9-7-8-10-12-29/h20-22H,6-19H2,1-5H3,(H2,24,25,26). The van der Waals surface area contributed by atoms with Crippen molar-refractivity contribution in [1.82, 2.24) is 25.3 Å². The first-order valence-corrected chi connectivity index (χ1v) is 12.2. The summed E-state index contributed by atoms with van der Waals surface area (Å²) in [6.07, 6.45) is 5.48. The maximum atomic E-state index is 4.93. The predicted molar refractivity (Wildman–Crippen MR) is 126 cm³/mol. The van der Waals surface area contributed by atoms with Gasteiger partial charge in [0.05, 0.1) is 0 Å². The minimum atomic E-state index is 0.583. The minimum absolute atomic E-state index is 0.583. The Bertz CT molecular complexity index is 450. The normalized spacial score (nSPS) is 23.0. The molecule has 6 heteroatoms. The summed E-state index contributed by atoms with van der Waals surface area (Å²) in [5.74, 6) is 2.22. The first-order chi connectivity index (χ1) is 14.0. The molecule has 0 spiro atoms. The maximum absolute atomic E-state index is 4.93. The van der Waals surface area contributed by atoms with Gasteiger partial charge in [0.1, 0.15) is 0 Å². The van der Waals surface area contributed by atoms with E-state index in [4.69, 9.17) is 4.99 Å². The number of hydrogen-bond acceptors (Lipinski definition) is 4. The Labute approximate surface area is 180 Å². The van der Waals surface area contributed by atoms with Crippen LogP contribution in [0, 0.1) is 11.8 Å². The van der Waals surface area contributed by atoms with Gasteiger partial charge in [-0.25, -0.2) is 0 Å². The number of piperazine rings is 1. The molecule has 0 amide bonds. The highest BCUT2D eigenvalue weighted by Crippen LogP contribution is 2.17. The Morgan fingerprint density at radius 2 is 1.55 bits per heavy atom. The topological polar surface area (TPSA) is 46.1 Å². The van der Waals surface area contributed by atoms with Crippen LogP contribution in [0.25, 0.3) is 0 Å². The van der Waals surface area contributed by atoms with Crippen molar-refractivity contribution in [2.75, 3.05) is 72.5 Å². The molecule has 0 aliphatic carbocycles. The zero-order valence-corrected chi connectivity index (χ0v) is 19.9. The van der Waals surface area contributed by atoms with E-state index in [2.05, 4.69) is 60.1 Å². The lowest BCUT2D eigenvalue weighted by Crippen LogP contribution is -2.50. The second-order valence-corrected chi connectivity index (χ2v) is 9.57. The van der Waals surface area contributed by atoms with E-state index in [1.165, 1.54) is 65.0 Å². The molecule has 0 aromatic carbocycles. The predicted octanol–water partition coefficient (Wildman–Crippen LogP) is 2.33. The van der Waals surface area contributed by atoms with E-state index in [1.807, 2.05) is 0 Å². The summed E-state index contributed by atoms with van der Waals surface area (Å²) in [4.78, 5) is 12.7. The summed E-state index contributed by atoms with van der Waals surface area (Å²) in [5.41, 5.74) is 0. The molecule has 0 aromatic rings. The average molecular weight is 409 g/mol. The van der Waals surface area contributed by atoms with Crippen LogP contribution in [0.4, 0.5) is 0 Å². The number of hydrogen-bond donors (Lipinski definition) is 2. The van der Waals surface area contributed by atoms with Gasteiger partial charge in [-0.05, 0) is 51.7 Å². The van der Waals surface area contributed by atoms with Crippen LogP contribution in [0.2, 0.25) is 0 Å². The van der Waals surface area contributed by atoms with Crippen LogP contribution in [-0.2, 0) is 0 Å². The van der Waals surface area contributed by atoms with E-state index >= 15 is 0 Å². The van der Waals surface area contributed by atoms with Gasteiger partial charge in [0.2, 0.25) is 0 Å². The van der Waals surface area contributed by atoms with Crippen molar-refractivity contribution in [3.63, 3.8) is 0 Å². The fourth-order valence-electron chi connectivity index (χ4n) is 4.53. The van der Waals surface area contributed by atoms with Crippen LogP contribution in [0.15, 0.2) is 4.99 Å². The molecule has 0 aromatic heterocycles. The number of nitrogens with zero attached hydrogens (tertiary/aromatic N) is 4. The summed E-state index contributed by atoms with van der Waals surface area (Å²) < 4.78 is 0. The van der Waals surface area contributed by atoms with Crippen molar-refractivity contribution in [2.24, 2.45) is 16.8 Å². The van der Waals surface area contributed by atoms with Gasteiger partial charge in [-0.2, -0.15) is 0 Å². The van der Waals surface area contributed by atoms with Gasteiger partial charge in [-0.15, -0.1) is 0 Å². The lowest BCUT2D eigenvalue weighted by molar-refractivity contribution is 0.140. The van der Waals surface area contributed by atoms with Gasteiger partial charge < -0.3 is 20.4 Å². The quantitative estimate of drug-likeness (QED) is 0.453. The lowest BCUT2D eigenvalue weighted by atomic mass is 10.0. The third-order valence-corrected chi connectivity index (χ3v) is 6.43. The molecule has 6 nitrogen and oxygen atoms in total. The first-order valence-electron chi connectivity index (χ1n) is 12.2. The molecule has 0 radical (unpaired) electrons. The molecule has 2 fully saturated rings. The van der Waals surface area contributed by atoms with Crippen molar-refractivity contribution in [3.05, 3.63) is 0 Å². The molecule has 170 valence electrons. The third kappa shape index (κ3) is 9.22. The summed E-state index contributed by atoms with van der Waals surface area (Å²) in [6, 6.07) is 0.583. The van der Waals surface area contributed by atoms with Crippen LogP contribution in [0.3, 0.4) is 0 Å². The van der Waals surface area contributed by atoms with Crippen LogP contribution >= 0.6 is 0 Å². The largest absolute Gasteiger partial charge is 0.357 e. The van der Waals surface area contributed by atoms with E-state index in [0.717, 1.165) is 32.1 Å². The number of aliphatic imine (C=N–C) groups is 1. The molecule has 29 heavy (non-hydrogen) atoms. The molecule has 0 bridgehead atoms. The summed E-state index contributed by atoms with van der Waals surface area (Å²) >= 11 is 0. The van der Waals surface area contributed by atoms with Crippen molar-refractivity contribution < 1.29 is 0 Å². The van der Waals surface area contributed by atoms with Gasteiger partial charge in [0.15, 0.2) is 5.96 Å². The number of rotatable bonds is 9. The fourth-order valence-corrected chi connectivity index (χ4v) is 4.53. The molecule has 2 unspecified atom stereocenters. The van der Waals surface area contributed by atoms with E-state index in [0.29, 0.717) is 17.9 Å². The lowest BCUT2D eigenvalue weighted by Gasteiger charge is -2.34. The zero-order valence-electron chi connectivity index (χ0n) is 19.9. The van der Waals surface area contributed by atoms with E-state index < -0.39 is 0 Å². The summed E-state index contributed by atoms with van der Waals surface area (Å²) in [7, 11) is 2.22. The highest BCUT2D eigenvalue weighted by atomic mass is 15.3. The zero-order chi connectivity index (χ0) is 21.1. The van der Waals surface area contributed by atoms with E-state index in [-0.39, 0.29) is 0 Å². The first kappa shape index (κ1) is 24.4. The number of nitrogens with one attached hydrogen (secondary N) is 2. The maximum Gasteiger partial charge on any atom is 0.191 e. The summed E-state index contributed by atoms with van der Waals surface area (Å²) in [6.45, 7) is 20.4. The SMILES string of the molecule is CCNC(=NCC(C)CN1CCN(C)CC1)NCC(C(C)C)N1CCCCCC1. The molecule has 2 rings (SSSR count). The molecular weight excluding hydrogens is 360 g/mol. The second kappa shape index (κ2) is 13.5. The molecule has 2 saturated heterocycles. The molecule has 2 aliphatic rings. The van der Waals surface area contributed by atoms with Gasteiger partial charge in [-0.1, -0.05) is 33.6 Å². The fraction of sp³-hybridized carbons (Fsp3) is 0.957. The van der Waals surface area contributed by atoms with Gasteiger partial charge in [0, 0.05) is 58.4 Å². The van der Waals surface area contributed by atoms with Gasteiger partial charge in [-0.3, -0.25) is 9.89 Å². The molecule has 2 N–H and O–H groups in total. The third-order valence-electron chi connectivity index (χ3n) is 6.43. The van der Waals surface area contributed by atoms with Crippen LogP contribution in [0.1, 0.15) is 53.4 Å². The van der Waals surface area contributed by atoms with Crippen molar-refractivity contribution in [3.8, 4) is 0 Å². The van der Waals surface area contributed by atoms with Crippen molar-refractivity contribution >= 4 is 5.96 Å². The highest BCUT2D eigenvalue weighted by Gasteiger charge is 2.23. The van der Waals surface area contributed by atoms with Crippen molar-refractivity contribution in [1.29, 1.82) is 0 Å². The average Bonchev–Trinajstić information content (AvgIpc) is 2.97. The van der Waals surface area contributed by atoms with Crippen molar-refractivity contribution in [2.45, 2.75) is 59.4 Å². The van der Waals surface area contributed by atoms with Crippen LogP contribution in [-0.4, -0.2) is 99.2 Å². The minimum Gasteiger partial charge on any atom is -0.357 e. The molecular formula is C23H48N6. The van der Waals surface area contributed by atoms with E-state index in [9.17, 15) is 0 Å². The molecule has 2 atom stereocenters. The molecule has 2 aliphatic heterocycles. The Morgan fingerprint density at radius 3 is 2.14 bits per heavy atom. The Morgan fingerprint density at radius 1 is 0.897 bits per heavy atom. The monoisotopic (exact) mass is 408 g/mol.